The summed E-state index contributed by atoms with van der Waals surface area (Å²) >= 11 is 0. The fourth-order valence-electron chi connectivity index (χ4n) is 1.77. The van der Waals surface area contributed by atoms with Crippen molar-refractivity contribution in [3.8, 4) is 5.88 Å². The van der Waals surface area contributed by atoms with Gasteiger partial charge < -0.3 is 15.4 Å². The number of nitrogens with one attached hydrogen (secondary N) is 2. The van der Waals surface area contributed by atoms with Gasteiger partial charge in [0.1, 0.15) is 5.82 Å². The second kappa shape index (κ2) is 6.35. The van der Waals surface area contributed by atoms with Crippen LogP contribution in [0.3, 0.4) is 0 Å². The Morgan fingerprint density at radius 1 is 1.44 bits per heavy atom. The minimum atomic E-state index is 0.113. The van der Waals surface area contributed by atoms with Gasteiger partial charge in [-0.15, -0.1) is 0 Å². The van der Waals surface area contributed by atoms with Gasteiger partial charge in [0, 0.05) is 13.1 Å². The zero-order chi connectivity index (χ0) is 12.8. The average molecular weight is 248 g/mol. The summed E-state index contributed by atoms with van der Waals surface area (Å²) in [4.78, 5) is 8.48. The molecule has 2 heterocycles. The first kappa shape index (κ1) is 12.8. The Balaban J connectivity index is 1.90. The molecule has 0 aromatic carbocycles. The number of nitrogens with zero attached hydrogens (tertiary/aromatic N) is 2. The van der Waals surface area contributed by atoms with Gasteiger partial charge in [-0.05, 0) is 26.8 Å². The van der Waals surface area contributed by atoms with Crippen molar-refractivity contribution < 1.29 is 4.74 Å². The fourth-order valence-corrected chi connectivity index (χ4v) is 1.77. The third kappa shape index (κ3) is 4.00. The van der Waals surface area contributed by atoms with Crippen LogP contribution >= 0.6 is 0 Å². The molecule has 1 aromatic heterocycles. The molecule has 0 unspecified atom stereocenters. The number of hydrogen-bond donors (Lipinski definition) is 2. The van der Waals surface area contributed by atoms with Crippen molar-refractivity contribution in [2.24, 2.45) is 0 Å². The Morgan fingerprint density at radius 3 is 3.06 bits per heavy atom. The van der Waals surface area contributed by atoms with Crippen molar-refractivity contribution >= 4 is 5.82 Å². The van der Waals surface area contributed by atoms with E-state index in [9.17, 15) is 0 Å². The van der Waals surface area contributed by atoms with E-state index in [-0.39, 0.29) is 6.10 Å². The number of aromatic nitrogens is 2. The zero-order valence-corrected chi connectivity index (χ0v) is 10.9. The summed E-state index contributed by atoms with van der Waals surface area (Å²) in [5.41, 5.74) is 1.41. The maximum atomic E-state index is 5.51. The van der Waals surface area contributed by atoms with Gasteiger partial charge in [-0.2, -0.15) is 4.98 Å². The van der Waals surface area contributed by atoms with Crippen molar-refractivity contribution in [3.63, 3.8) is 0 Å². The van der Waals surface area contributed by atoms with Crippen LogP contribution in [0.25, 0.3) is 0 Å². The zero-order valence-electron chi connectivity index (χ0n) is 10.9. The summed E-state index contributed by atoms with van der Waals surface area (Å²) in [6.45, 7) is 6.78. The van der Waals surface area contributed by atoms with Crippen LogP contribution in [0.2, 0.25) is 0 Å². The summed E-state index contributed by atoms with van der Waals surface area (Å²) in [5.74, 6) is 1.32. The Kier molecular flexibility index (Phi) is 4.52. The lowest BCUT2D eigenvalue weighted by atomic mass is 10.1. The number of rotatable bonds is 5. The van der Waals surface area contributed by atoms with Crippen molar-refractivity contribution in [1.29, 1.82) is 0 Å². The largest absolute Gasteiger partial charge is 0.474 e. The Hall–Kier alpha value is -1.62. The molecule has 1 aliphatic rings. The lowest BCUT2D eigenvalue weighted by Gasteiger charge is -2.15. The molecule has 18 heavy (non-hydrogen) atoms. The molecule has 0 amide bonds. The van der Waals surface area contributed by atoms with E-state index in [1.54, 1.807) is 12.4 Å². The molecular weight excluding hydrogens is 228 g/mol. The molecule has 5 heteroatoms. The van der Waals surface area contributed by atoms with Crippen molar-refractivity contribution in [2.75, 3.05) is 25.0 Å². The highest BCUT2D eigenvalue weighted by Gasteiger charge is 2.05. The first-order valence-electron chi connectivity index (χ1n) is 6.35. The molecule has 5 nitrogen and oxygen atoms in total. The average Bonchev–Trinajstić information content (AvgIpc) is 2.37. The van der Waals surface area contributed by atoms with Gasteiger partial charge in [0.05, 0.1) is 18.5 Å². The standard InChI is InChI=1S/C13H20N4O/c1-10(2)18-13-9-15-8-12(17-13)16-7-11-3-5-14-6-4-11/h3,8-10,14H,4-7H2,1-2H3,(H,16,17). The van der Waals surface area contributed by atoms with Crippen LogP contribution in [-0.4, -0.2) is 35.7 Å². The highest BCUT2D eigenvalue weighted by Crippen LogP contribution is 2.12. The quantitative estimate of drug-likeness (QED) is 0.775. The highest BCUT2D eigenvalue weighted by molar-refractivity contribution is 5.35. The fraction of sp³-hybridized carbons (Fsp3) is 0.538. The van der Waals surface area contributed by atoms with Crippen molar-refractivity contribution in [3.05, 3.63) is 24.0 Å². The van der Waals surface area contributed by atoms with Crippen LogP contribution < -0.4 is 15.4 Å². The molecule has 0 saturated heterocycles. The molecule has 1 aliphatic heterocycles. The molecular formula is C13H20N4O. The SMILES string of the molecule is CC(C)Oc1cncc(NCC2=CCNCC2)n1. The molecule has 0 fully saturated rings. The van der Waals surface area contributed by atoms with E-state index in [1.165, 1.54) is 5.57 Å². The maximum absolute atomic E-state index is 5.51. The van der Waals surface area contributed by atoms with Crippen LogP contribution in [-0.2, 0) is 0 Å². The molecule has 0 spiro atoms. The third-order valence-corrected chi connectivity index (χ3v) is 2.62. The van der Waals surface area contributed by atoms with Crippen LogP contribution in [0.4, 0.5) is 5.82 Å². The van der Waals surface area contributed by atoms with E-state index in [0.29, 0.717) is 5.88 Å². The summed E-state index contributed by atoms with van der Waals surface area (Å²) in [6.07, 6.45) is 6.77. The first-order chi connectivity index (χ1) is 8.74. The Labute approximate surface area is 108 Å². The maximum Gasteiger partial charge on any atom is 0.234 e. The second-order valence-electron chi connectivity index (χ2n) is 4.58. The monoisotopic (exact) mass is 248 g/mol. The number of hydrogen-bond acceptors (Lipinski definition) is 5. The van der Waals surface area contributed by atoms with E-state index in [1.807, 2.05) is 13.8 Å². The summed E-state index contributed by atoms with van der Waals surface area (Å²) < 4.78 is 5.51. The van der Waals surface area contributed by atoms with E-state index >= 15 is 0 Å². The number of anilines is 1. The topological polar surface area (TPSA) is 59.1 Å². The van der Waals surface area contributed by atoms with Gasteiger partial charge in [0.2, 0.25) is 5.88 Å². The highest BCUT2D eigenvalue weighted by atomic mass is 16.5. The predicted molar refractivity (Wildman–Crippen MR) is 71.9 cm³/mol. The van der Waals surface area contributed by atoms with E-state index < -0.39 is 0 Å². The smallest absolute Gasteiger partial charge is 0.234 e. The Morgan fingerprint density at radius 2 is 2.33 bits per heavy atom. The van der Waals surface area contributed by atoms with Crippen LogP contribution in [0.1, 0.15) is 20.3 Å². The Bertz CT molecular complexity index is 417. The summed E-state index contributed by atoms with van der Waals surface area (Å²) in [7, 11) is 0. The minimum absolute atomic E-state index is 0.113. The molecule has 1 aromatic rings. The van der Waals surface area contributed by atoms with Gasteiger partial charge in [0.15, 0.2) is 0 Å². The van der Waals surface area contributed by atoms with Gasteiger partial charge >= 0.3 is 0 Å². The normalized spacial score (nSPS) is 15.4. The van der Waals surface area contributed by atoms with Crippen molar-refractivity contribution in [1.82, 2.24) is 15.3 Å². The van der Waals surface area contributed by atoms with Crippen LogP contribution in [0.15, 0.2) is 24.0 Å². The minimum Gasteiger partial charge on any atom is -0.474 e. The van der Waals surface area contributed by atoms with Crippen molar-refractivity contribution in [2.45, 2.75) is 26.4 Å². The molecule has 0 aliphatic carbocycles. The van der Waals surface area contributed by atoms with Gasteiger partial charge in [-0.3, -0.25) is 4.98 Å². The lowest BCUT2D eigenvalue weighted by Crippen LogP contribution is -2.23. The first-order valence-corrected chi connectivity index (χ1v) is 6.35. The van der Waals surface area contributed by atoms with Gasteiger partial charge in [-0.25, -0.2) is 0 Å². The van der Waals surface area contributed by atoms with Crippen LogP contribution in [0, 0.1) is 0 Å². The number of ether oxygens (including phenoxy) is 1. The molecule has 0 saturated carbocycles. The molecule has 0 atom stereocenters. The van der Waals surface area contributed by atoms with Gasteiger partial charge in [-0.1, -0.05) is 11.6 Å². The van der Waals surface area contributed by atoms with E-state index in [4.69, 9.17) is 4.74 Å². The molecule has 2 N–H and O–H groups in total. The van der Waals surface area contributed by atoms with Gasteiger partial charge in [0.25, 0.3) is 0 Å². The molecule has 0 bridgehead atoms. The third-order valence-electron chi connectivity index (χ3n) is 2.62. The lowest BCUT2D eigenvalue weighted by molar-refractivity contribution is 0.232. The second-order valence-corrected chi connectivity index (χ2v) is 4.58. The molecule has 98 valence electrons. The predicted octanol–water partition coefficient (Wildman–Crippen LogP) is 1.60. The summed E-state index contributed by atoms with van der Waals surface area (Å²) in [6, 6.07) is 0. The van der Waals surface area contributed by atoms with E-state index in [0.717, 1.165) is 31.9 Å². The molecule has 2 rings (SSSR count). The van der Waals surface area contributed by atoms with Crippen LogP contribution in [0.5, 0.6) is 5.88 Å². The summed E-state index contributed by atoms with van der Waals surface area (Å²) in [5, 5.41) is 6.57. The molecule has 0 radical (unpaired) electrons. The van der Waals surface area contributed by atoms with E-state index in [2.05, 4.69) is 26.7 Å².